The molecule has 0 aliphatic heterocycles. The maximum absolute atomic E-state index is 13.6. The molecule has 1 amide bonds. The number of aryl methyl sites for hydroxylation is 1. The molecule has 1 heterocycles. The third kappa shape index (κ3) is 3.08. The summed E-state index contributed by atoms with van der Waals surface area (Å²) in [6, 6.07) is 12.6. The van der Waals surface area contributed by atoms with Gasteiger partial charge in [0, 0.05) is 0 Å². The molecule has 0 saturated carbocycles. The zero-order chi connectivity index (χ0) is 14.8. The van der Waals surface area contributed by atoms with Gasteiger partial charge < -0.3 is 5.32 Å². The molecule has 106 valence electrons. The zero-order valence-corrected chi connectivity index (χ0v) is 12.2. The number of amides is 1. The number of hydrogen-bond acceptors (Lipinski definition) is 3. The second kappa shape index (κ2) is 5.61. The number of aromatic nitrogens is 1. The molecule has 21 heavy (non-hydrogen) atoms. The summed E-state index contributed by atoms with van der Waals surface area (Å²) in [7, 11) is 0. The predicted octanol–water partition coefficient (Wildman–Crippen LogP) is 3.93. The molecule has 0 aliphatic carbocycles. The minimum Gasteiger partial charge on any atom is -0.302 e. The molecule has 3 nitrogen and oxygen atoms in total. The highest BCUT2D eigenvalue weighted by Crippen LogP contribution is 2.27. The smallest absolute Gasteiger partial charge is 0.230 e. The molecule has 1 N–H and O–H groups in total. The van der Waals surface area contributed by atoms with Crippen LogP contribution in [0.25, 0.3) is 10.2 Å². The van der Waals surface area contributed by atoms with E-state index in [0.29, 0.717) is 10.6 Å². The highest BCUT2D eigenvalue weighted by Gasteiger charge is 2.11. The third-order valence-corrected chi connectivity index (χ3v) is 4.00. The summed E-state index contributed by atoms with van der Waals surface area (Å²) in [5, 5.41) is 3.15. The molecular weight excluding hydrogens is 287 g/mol. The second-order valence-electron chi connectivity index (χ2n) is 4.82. The van der Waals surface area contributed by atoms with Crippen LogP contribution in [0.2, 0.25) is 0 Å². The summed E-state index contributed by atoms with van der Waals surface area (Å²) in [6.07, 6.45) is 0.278. The maximum atomic E-state index is 13.6. The van der Waals surface area contributed by atoms with E-state index in [1.54, 1.807) is 12.1 Å². The lowest BCUT2D eigenvalue weighted by molar-refractivity contribution is -0.115. The number of hydrogen-bond donors (Lipinski definition) is 1. The van der Waals surface area contributed by atoms with E-state index >= 15 is 0 Å². The number of para-hydroxylation sites is 1. The van der Waals surface area contributed by atoms with E-state index in [0.717, 1.165) is 15.8 Å². The van der Waals surface area contributed by atoms with Crippen molar-refractivity contribution in [2.24, 2.45) is 0 Å². The van der Waals surface area contributed by atoms with Gasteiger partial charge in [0.2, 0.25) is 5.91 Å². The Hall–Kier alpha value is -2.27. The van der Waals surface area contributed by atoms with E-state index < -0.39 is 0 Å². The number of benzene rings is 2. The highest BCUT2D eigenvalue weighted by atomic mass is 32.1. The normalized spacial score (nSPS) is 10.8. The van der Waals surface area contributed by atoms with Crippen LogP contribution in [0, 0.1) is 12.7 Å². The number of rotatable bonds is 3. The van der Waals surface area contributed by atoms with Gasteiger partial charge in [0.25, 0.3) is 0 Å². The summed E-state index contributed by atoms with van der Waals surface area (Å²) in [5.41, 5.74) is 2.36. The topological polar surface area (TPSA) is 42.0 Å². The Balaban J connectivity index is 1.75. The lowest BCUT2D eigenvalue weighted by Crippen LogP contribution is -2.14. The first kappa shape index (κ1) is 13.7. The van der Waals surface area contributed by atoms with Gasteiger partial charge >= 0.3 is 0 Å². The molecule has 0 unspecified atom stereocenters. The van der Waals surface area contributed by atoms with Crippen molar-refractivity contribution >= 4 is 32.6 Å². The van der Waals surface area contributed by atoms with E-state index in [2.05, 4.69) is 10.3 Å². The first-order valence-corrected chi connectivity index (χ1v) is 7.34. The van der Waals surface area contributed by atoms with Crippen LogP contribution in [0.1, 0.15) is 11.1 Å². The van der Waals surface area contributed by atoms with Gasteiger partial charge in [-0.25, -0.2) is 9.37 Å². The fraction of sp³-hybridized carbons (Fsp3) is 0.125. The SMILES string of the molecule is Cc1cccc(CC(=O)Nc2nc3c(F)cccc3s2)c1. The van der Waals surface area contributed by atoms with Gasteiger partial charge in [-0.05, 0) is 24.6 Å². The Kier molecular flexibility index (Phi) is 3.66. The van der Waals surface area contributed by atoms with Gasteiger partial charge in [-0.1, -0.05) is 47.2 Å². The Labute approximate surface area is 125 Å². The Morgan fingerprint density at radius 1 is 1.29 bits per heavy atom. The van der Waals surface area contributed by atoms with E-state index in [9.17, 15) is 9.18 Å². The van der Waals surface area contributed by atoms with Crippen molar-refractivity contribution in [2.75, 3.05) is 5.32 Å². The number of nitrogens with one attached hydrogen (secondary N) is 1. The number of carbonyl (C=O) groups excluding carboxylic acids is 1. The van der Waals surface area contributed by atoms with Crippen molar-refractivity contribution < 1.29 is 9.18 Å². The lowest BCUT2D eigenvalue weighted by atomic mass is 10.1. The minimum absolute atomic E-state index is 0.153. The number of fused-ring (bicyclic) bond motifs is 1. The van der Waals surface area contributed by atoms with Gasteiger partial charge in [0.1, 0.15) is 11.3 Å². The molecule has 0 fully saturated rings. The number of thiazole rings is 1. The van der Waals surface area contributed by atoms with E-state index in [-0.39, 0.29) is 18.1 Å². The van der Waals surface area contributed by atoms with Gasteiger partial charge in [-0.2, -0.15) is 0 Å². The van der Waals surface area contributed by atoms with Crippen molar-refractivity contribution in [1.29, 1.82) is 0 Å². The first-order valence-electron chi connectivity index (χ1n) is 6.52. The van der Waals surface area contributed by atoms with Crippen LogP contribution in [0.5, 0.6) is 0 Å². The van der Waals surface area contributed by atoms with E-state index in [1.807, 2.05) is 31.2 Å². The molecule has 0 radical (unpaired) electrons. The number of nitrogens with zero attached hydrogens (tertiary/aromatic N) is 1. The van der Waals surface area contributed by atoms with E-state index in [4.69, 9.17) is 0 Å². The average molecular weight is 300 g/mol. The minimum atomic E-state index is -0.372. The van der Waals surface area contributed by atoms with Gasteiger partial charge in [-0.3, -0.25) is 4.79 Å². The molecule has 3 aromatic rings. The zero-order valence-electron chi connectivity index (χ0n) is 11.4. The lowest BCUT2D eigenvalue weighted by Gasteiger charge is -2.02. The maximum Gasteiger partial charge on any atom is 0.230 e. The van der Waals surface area contributed by atoms with Gasteiger partial charge in [-0.15, -0.1) is 0 Å². The summed E-state index contributed by atoms with van der Waals surface area (Å²) in [4.78, 5) is 16.1. The number of halogens is 1. The van der Waals surface area contributed by atoms with Crippen LogP contribution in [-0.4, -0.2) is 10.9 Å². The van der Waals surface area contributed by atoms with Crippen molar-refractivity contribution in [3.8, 4) is 0 Å². The Morgan fingerprint density at radius 3 is 2.86 bits per heavy atom. The molecule has 2 aromatic carbocycles. The number of carbonyl (C=O) groups is 1. The molecule has 0 aliphatic rings. The van der Waals surface area contributed by atoms with Crippen LogP contribution < -0.4 is 5.32 Å². The Bertz CT molecular complexity index is 813. The third-order valence-electron chi connectivity index (χ3n) is 3.06. The fourth-order valence-corrected chi connectivity index (χ4v) is 3.04. The van der Waals surface area contributed by atoms with Crippen LogP contribution >= 0.6 is 11.3 Å². The predicted molar refractivity (Wildman–Crippen MR) is 83.1 cm³/mol. The standard InChI is InChI=1S/C16H13FN2OS/c1-10-4-2-5-11(8-10)9-14(20)18-16-19-15-12(17)6-3-7-13(15)21-16/h2-8H,9H2,1H3,(H,18,19,20). The van der Waals surface area contributed by atoms with Crippen LogP contribution in [0.3, 0.4) is 0 Å². The molecule has 3 rings (SSSR count). The monoisotopic (exact) mass is 300 g/mol. The molecule has 1 aromatic heterocycles. The van der Waals surface area contributed by atoms with Crippen molar-refractivity contribution in [1.82, 2.24) is 4.98 Å². The molecule has 0 atom stereocenters. The Morgan fingerprint density at radius 2 is 2.10 bits per heavy atom. The van der Waals surface area contributed by atoms with Crippen molar-refractivity contribution in [3.05, 3.63) is 59.4 Å². The second-order valence-corrected chi connectivity index (χ2v) is 5.85. The molecule has 0 saturated heterocycles. The molecule has 0 bridgehead atoms. The molecular formula is C16H13FN2OS. The average Bonchev–Trinajstić information content (AvgIpc) is 2.82. The van der Waals surface area contributed by atoms with Crippen LogP contribution in [-0.2, 0) is 11.2 Å². The fourth-order valence-electron chi connectivity index (χ4n) is 2.14. The van der Waals surface area contributed by atoms with Crippen LogP contribution in [0.15, 0.2) is 42.5 Å². The summed E-state index contributed by atoms with van der Waals surface area (Å²) in [5.74, 6) is -0.525. The molecule has 5 heteroatoms. The highest BCUT2D eigenvalue weighted by molar-refractivity contribution is 7.22. The van der Waals surface area contributed by atoms with Gasteiger partial charge in [0.05, 0.1) is 11.1 Å². The largest absolute Gasteiger partial charge is 0.302 e. The summed E-state index contributed by atoms with van der Waals surface area (Å²) in [6.45, 7) is 1.98. The van der Waals surface area contributed by atoms with Crippen molar-refractivity contribution in [3.63, 3.8) is 0 Å². The first-order chi connectivity index (χ1) is 10.1. The van der Waals surface area contributed by atoms with Gasteiger partial charge in [0.15, 0.2) is 5.13 Å². The summed E-state index contributed by atoms with van der Waals surface area (Å²) >= 11 is 1.27. The van der Waals surface area contributed by atoms with Crippen molar-refractivity contribution in [2.45, 2.75) is 13.3 Å². The van der Waals surface area contributed by atoms with Crippen LogP contribution in [0.4, 0.5) is 9.52 Å². The summed E-state index contributed by atoms with van der Waals surface area (Å²) < 4.78 is 14.3. The quantitative estimate of drug-likeness (QED) is 0.796. The number of anilines is 1. The van der Waals surface area contributed by atoms with E-state index in [1.165, 1.54) is 17.4 Å². The molecule has 0 spiro atoms.